The van der Waals surface area contributed by atoms with E-state index in [1.807, 2.05) is 27.7 Å². The first-order valence-corrected chi connectivity index (χ1v) is 10.5. The molecule has 1 aliphatic heterocycles. The Labute approximate surface area is 165 Å². The Bertz CT molecular complexity index is 429. The Morgan fingerprint density at radius 2 is 1.67 bits per heavy atom. The SMILES string of the molecule is CCCNC(=O)NCCCCCN1CCC(CNC(=O)OC(C)(C)C)CC1. The van der Waals surface area contributed by atoms with E-state index >= 15 is 0 Å². The molecule has 0 aromatic heterocycles. The van der Waals surface area contributed by atoms with Gasteiger partial charge in [-0.25, -0.2) is 9.59 Å². The number of carbonyl (C=O) groups excluding carboxylic acids is 2. The average molecular weight is 385 g/mol. The quantitative estimate of drug-likeness (QED) is 0.506. The van der Waals surface area contributed by atoms with Gasteiger partial charge in [-0.3, -0.25) is 0 Å². The van der Waals surface area contributed by atoms with E-state index < -0.39 is 5.60 Å². The summed E-state index contributed by atoms with van der Waals surface area (Å²) in [5.41, 5.74) is -0.442. The van der Waals surface area contributed by atoms with Crippen LogP contribution in [0.2, 0.25) is 0 Å². The number of urea groups is 1. The molecule has 3 N–H and O–H groups in total. The van der Waals surface area contributed by atoms with E-state index in [4.69, 9.17) is 4.74 Å². The molecule has 0 aliphatic carbocycles. The summed E-state index contributed by atoms with van der Waals surface area (Å²) in [4.78, 5) is 25.6. The molecule has 7 heteroatoms. The lowest BCUT2D eigenvalue weighted by Gasteiger charge is -2.32. The van der Waals surface area contributed by atoms with Crippen molar-refractivity contribution in [1.29, 1.82) is 0 Å². The molecule has 0 saturated carbocycles. The van der Waals surface area contributed by atoms with Crippen LogP contribution in [0.3, 0.4) is 0 Å². The van der Waals surface area contributed by atoms with Crippen LogP contribution in [0.4, 0.5) is 9.59 Å². The lowest BCUT2D eigenvalue weighted by atomic mass is 9.96. The fraction of sp³-hybridized carbons (Fsp3) is 0.900. The second kappa shape index (κ2) is 12.8. The van der Waals surface area contributed by atoms with E-state index in [9.17, 15) is 9.59 Å². The zero-order valence-corrected chi connectivity index (χ0v) is 17.7. The zero-order chi connectivity index (χ0) is 20.1. The molecule has 27 heavy (non-hydrogen) atoms. The van der Waals surface area contributed by atoms with Gasteiger partial charge < -0.3 is 25.6 Å². The summed E-state index contributed by atoms with van der Waals surface area (Å²) in [6.45, 7) is 13.2. The van der Waals surface area contributed by atoms with Gasteiger partial charge in [-0.15, -0.1) is 0 Å². The second-order valence-corrected chi connectivity index (χ2v) is 8.41. The van der Waals surface area contributed by atoms with Crippen LogP contribution >= 0.6 is 0 Å². The monoisotopic (exact) mass is 384 g/mol. The van der Waals surface area contributed by atoms with Gasteiger partial charge in [-0.05, 0) is 78.4 Å². The van der Waals surface area contributed by atoms with Gasteiger partial charge in [0, 0.05) is 19.6 Å². The van der Waals surface area contributed by atoms with E-state index in [2.05, 4.69) is 20.9 Å². The Morgan fingerprint density at radius 3 is 2.30 bits per heavy atom. The highest BCUT2D eigenvalue weighted by molar-refractivity contribution is 5.73. The number of amides is 3. The zero-order valence-electron chi connectivity index (χ0n) is 17.7. The number of hydrogen-bond acceptors (Lipinski definition) is 4. The first kappa shape index (κ1) is 23.5. The molecule has 7 nitrogen and oxygen atoms in total. The molecule has 1 rings (SSSR count). The van der Waals surface area contributed by atoms with Crippen molar-refractivity contribution in [3.8, 4) is 0 Å². The van der Waals surface area contributed by atoms with Crippen LogP contribution in [0.25, 0.3) is 0 Å². The maximum absolute atomic E-state index is 11.7. The number of carbonyl (C=O) groups is 2. The Balaban J connectivity index is 1.99. The number of ether oxygens (including phenoxy) is 1. The molecule has 1 heterocycles. The van der Waals surface area contributed by atoms with Gasteiger partial charge in [0.15, 0.2) is 0 Å². The third kappa shape index (κ3) is 12.5. The van der Waals surface area contributed by atoms with Crippen molar-refractivity contribution in [3.63, 3.8) is 0 Å². The van der Waals surface area contributed by atoms with E-state index in [1.54, 1.807) is 0 Å². The fourth-order valence-electron chi connectivity index (χ4n) is 3.10. The smallest absolute Gasteiger partial charge is 0.407 e. The van der Waals surface area contributed by atoms with Crippen LogP contribution in [0.1, 0.15) is 66.2 Å². The molecule has 158 valence electrons. The van der Waals surface area contributed by atoms with Gasteiger partial charge in [0.25, 0.3) is 0 Å². The topological polar surface area (TPSA) is 82.7 Å². The molecular formula is C20H40N4O3. The molecule has 0 bridgehead atoms. The van der Waals surface area contributed by atoms with Gasteiger partial charge in [-0.1, -0.05) is 13.3 Å². The predicted molar refractivity (Wildman–Crippen MR) is 109 cm³/mol. The maximum Gasteiger partial charge on any atom is 0.407 e. The van der Waals surface area contributed by atoms with E-state index in [0.29, 0.717) is 12.5 Å². The van der Waals surface area contributed by atoms with Crippen molar-refractivity contribution >= 4 is 12.1 Å². The Hall–Kier alpha value is -1.50. The number of piperidine rings is 1. The van der Waals surface area contributed by atoms with Crippen LogP contribution in [0.15, 0.2) is 0 Å². The van der Waals surface area contributed by atoms with Gasteiger partial charge in [0.1, 0.15) is 5.60 Å². The van der Waals surface area contributed by atoms with Gasteiger partial charge in [-0.2, -0.15) is 0 Å². The summed E-state index contributed by atoms with van der Waals surface area (Å²) >= 11 is 0. The number of hydrogen-bond donors (Lipinski definition) is 3. The minimum Gasteiger partial charge on any atom is -0.444 e. The normalized spacial score (nSPS) is 16.0. The summed E-state index contributed by atoms with van der Waals surface area (Å²) in [7, 11) is 0. The summed E-state index contributed by atoms with van der Waals surface area (Å²) in [6, 6.07) is -0.0566. The van der Waals surface area contributed by atoms with Gasteiger partial charge >= 0.3 is 12.1 Å². The molecule has 1 aliphatic rings. The number of nitrogens with one attached hydrogen (secondary N) is 3. The van der Waals surface area contributed by atoms with Crippen molar-refractivity contribution in [2.24, 2.45) is 5.92 Å². The van der Waals surface area contributed by atoms with Crippen LogP contribution in [0, 0.1) is 5.92 Å². The Kier molecular flexibility index (Phi) is 11.2. The number of unbranched alkanes of at least 4 members (excludes halogenated alkanes) is 2. The number of alkyl carbamates (subject to hydrolysis) is 1. The van der Waals surface area contributed by atoms with E-state index in [1.165, 1.54) is 6.42 Å². The van der Waals surface area contributed by atoms with Crippen molar-refractivity contribution in [1.82, 2.24) is 20.9 Å². The van der Waals surface area contributed by atoms with Crippen LogP contribution in [-0.2, 0) is 4.74 Å². The third-order valence-corrected chi connectivity index (χ3v) is 4.61. The lowest BCUT2D eigenvalue weighted by Crippen LogP contribution is -2.40. The standard InChI is InChI=1S/C20H40N4O3/c1-5-11-21-18(25)22-12-7-6-8-13-24-14-9-17(10-15-24)16-23-19(26)27-20(2,3)4/h17H,5-16H2,1-4H3,(H,23,26)(H2,21,22,25). The molecule has 1 fully saturated rings. The van der Waals surface area contributed by atoms with Crippen LogP contribution in [0.5, 0.6) is 0 Å². The number of rotatable bonds is 10. The second-order valence-electron chi connectivity index (χ2n) is 8.41. The largest absolute Gasteiger partial charge is 0.444 e. The van der Waals surface area contributed by atoms with Crippen LogP contribution in [-0.4, -0.2) is 61.9 Å². The first-order valence-electron chi connectivity index (χ1n) is 10.5. The first-order chi connectivity index (χ1) is 12.8. The van der Waals surface area contributed by atoms with Crippen molar-refractivity contribution in [2.45, 2.75) is 71.8 Å². The number of nitrogens with zero attached hydrogens (tertiary/aromatic N) is 1. The lowest BCUT2D eigenvalue weighted by molar-refractivity contribution is 0.0509. The Morgan fingerprint density at radius 1 is 1.00 bits per heavy atom. The molecule has 0 unspecified atom stereocenters. The molecule has 1 saturated heterocycles. The van der Waals surface area contributed by atoms with Gasteiger partial charge in [0.2, 0.25) is 0 Å². The van der Waals surface area contributed by atoms with E-state index in [-0.39, 0.29) is 12.1 Å². The summed E-state index contributed by atoms with van der Waals surface area (Å²) in [5, 5.41) is 8.60. The van der Waals surface area contributed by atoms with Gasteiger partial charge in [0.05, 0.1) is 0 Å². The van der Waals surface area contributed by atoms with Crippen molar-refractivity contribution in [3.05, 3.63) is 0 Å². The molecule has 0 atom stereocenters. The highest BCUT2D eigenvalue weighted by Crippen LogP contribution is 2.17. The molecular weight excluding hydrogens is 344 g/mol. The molecule has 0 aromatic carbocycles. The van der Waals surface area contributed by atoms with Crippen LogP contribution < -0.4 is 16.0 Å². The minimum absolute atomic E-state index is 0.0566. The fourth-order valence-corrected chi connectivity index (χ4v) is 3.10. The molecule has 0 spiro atoms. The van der Waals surface area contributed by atoms with Crippen molar-refractivity contribution in [2.75, 3.05) is 39.3 Å². The highest BCUT2D eigenvalue weighted by atomic mass is 16.6. The minimum atomic E-state index is -0.442. The summed E-state index contributed by atoms with van der Waals surface area (Å²) in [6.07, 6.45) is 6.20. The summed E-state index contributed by atoms with van der Waals surface area (Å²) < 4.78 is 5.28. The number of likely N-dealkylation sites (tertiary alicyclic amines) is 1. The predicted octanol–water partition coefficient (Wildman–Crippen LogP) is 3.10. The van der Waals surface area contributed by atoms with Crippen molar-refractivity contribution < 1.29 is 14.3 Å². The summed E-state index contributed by atoms with van der Waals surface area (Å²) in [5.74, 6) is 0.541. The maximum atomic E-state index is 11.7. The van der Waals surface area contributed by atoms with E-state index in [0.717, 1.165) is 64.8 Å². The molecule has 0 aromatic rings. The molecule has 3 amide bonds. The molecule has 0 radical (unpaired) electrons. The third-order valence-electron chi connectivity index (χ3n) is 4.61. The highest BCUT2D eigenvalue weighted by Gasteiger charge is 2.21. The average Bonchev–Trinajstić information content (AvgIpc) is 2.60.